The van der Waals surface area contributed by atoms with Crippen LogP contribution in [0, 0.1) is 13.8 Å². The maximum absolute atomic E-state index is 14.1. The van der Waals surface area contributed by atoms with Crippen molar-refractivity contribution in [3.63, 3.8) is 0 Å². The number of carbonyl (C=O) groups excluding carboxylic acids is 2. The Morgan fingerprint density at radius 1 is 0.878 bits per heavy atom. The van der Waals surface area contributed by atoms with E-state index < -0.39 is 28.5 Å². The number of aryl methyl sites for hydroxylation is 2. The molecule has 0 spiro atoms. The fraction of sp³-hybridized carbons (Fsp3) is 0.375. The van der Waals surface area contributed by atoms with Crippen LogP contribution < -0.4 is 9.62 Å². The molecular formula is C32H38ClN3O4S. The average molecular weight is 596 g/mol. The minimum absolute atomic E-state index is 0.0171. The van der Waals surface area contributed by atoms with Crippen molar-refractivity contribution in [2.24, 2.45) is 0 Å². The summed E-state index contributed by atoms with van der Waals surface area (Å²) in [6.45, 7) is 5.28. The molecule has 2 amide bonds. The van der Waals surface area contributed by atoms with Crippen molar-refractivity contribution >= 4 is 39.1 Å². The molecule has 4 rings (SSSR count). The summed E-state index contributed by atoms with van der Waals surface area (Å²) in [6.07, 6.45) is 5.14. The van der Waals surface area contributed by atoms with Gasteiger partial charge >= 0.3 is 0 Å². The average Bonchev–Trinajstić information content (AvgIpc) is 2.96. The van der Waals surface area contributed by atoms with Gasteiger partial charge < -0.3 is 10.2 Å². The van der Waals surface area contributed by atoms with Crippen LogP contribution in [0.5, 0.6) is 0 Å². The van der Waals surface area contributed by atoms with Gasteiger partial charge in [0.1, 0.15) is 12.6 Å². The van der Waals surface area contributed by atoms with Crippen LogP contribution in [0.1, 0.15) is 55.7 Å². The van der Waals surface area contributed by atoms with Gasteiger partial charge in [-0.15, -0.1) is 0 Å². The number of halogens is 1. The van der Waals surface area contributed by atoms with Crippen LogP contribution in [0.2, 0.25) is 5.02 Å². The molecule has 0 radical (unpaired) electrons. The summed E-state index contributed by atoms with van der Waals surface area (Å²) in [5, 5.41) is 3.53. The third kappa shape index (κ3) is 7.89. The lowest BCUT2D eigenvalue weighted by atomic mass is 9.95. The van der Waals surface area contributed by atoms with E-state index in [0.29, 0.717) is 10.7 Å². The maximum atomic E-state index is 14.1. The van der Waals surface area contributed by atoms with Gasteiger partial charge in [0.05, 0.1) is 10.6 Å². The first-order valence-corrected chi connectivity index (χ1v) is 15.9. The van der Waals surface area contributed by atoms with Crippen molar-refractivity contribution in [1.82, 2.24) is 10.2 Å². The largest absolute Gasteiger partial charge is 0.352 e. The van der Waals surface area contributed by atoms with E-state index >= 15 is 0 Å². The quantitative estimate of drug-likeness (QED) is 0.311. The summed E-state index contributed by atoms with van der Waals surface area (Å²) in [7, 11) is -4.13. The third-order valence-corrected chi connectivity index (χ3v) is 9.63. The van der Waals surface area contributed by atoms with Crippen molar-refractivity contribution in [2.75, 3.05) is 10.8 Å². The molecule has 9 heteroatoms. The highest BCUT2D eigenvalue weighted by Gasteiger charge is 2.33. The Labute approximate surface area is 248 Å². The van der Waals surface area contributed by atoms with Gasteiger partial charge in [-0.1, -0.05) is 78.4 Å². The summed E-state index contributed by atoms with van der Waals surface area (Å²) in [6, 6.07) is 19.9. The second-order valence-electron chi connectivity index (χ2n) is 10.8. The molecule has 1 unspecified atom stereocenters. The number of amides is 2. The Morgan fingerprint density at radius 3 is 2.02 bits per heavy atom. The molecule has 1 aliphatic carbocycles. The predicted molar refractivity (Wildman–Crippen MR) is 163 cm³/mol. The van der Waals surface area contributed by atoms with E-state index in [0.717, 1.165) is 53.1 Å². The van der Waals surface area contributed by atoms with Gasteiger partial charge in [0.15, 0.2) is 0 Å². The summed E-state index contributed by atoms with van der Waals surface area (Å²) in [5.74, 6) is -0.713. The number of nitrogens with one attached hydrogen (secondary N) is 1. The summed E-state index contributed by atoms with van der Waals surface area (Å²) in [4.78, 5) is 28.9. The molecule has 0 saturated heterocycles. The van der Waals surface area contributed by atoms with E-state index in [1.807, 2.05) is 38.1 Å². The number of sulfonamides is 1. The number of hydrogen-bond acceptors (Lipinski definition) is 4. The first-order valence-electron chi connectivity index (χ1n) is 14.0. The third-order valence-electron chi connectivity index (χ3n) is 7.59. The number of rotatable bonds is 10. The predicted octanol–water partition coefficient (Wildman–Crippen LogP) is 6.02. The SMILES string of the molecule is Cc1ccc(CN(C(=O)CN(c2ccc(C)cc2)S(=O)(=O)c2ccc(Cl)cc2)C(C)C(=O)NC2CCCCC2)cc1. The standard InChI is InChI=1S/C32H38ClN3O4S/c1-23-9-13-26(14-10-23)21-35(25(3)32(38)34-28-7-5-4-6-8-28)31(37)22-36(29-17-11-24(2)12-18-29)41(39,40)30-19-15-27(33)16-20-30/h9-20,25,28H,4-8,21-22H2,1-3H3,(H,34,38). The molecule has 3 aromatic rings. The zero-order valence-electron chi connectivity index (χ0n) is 23.8. The molecule has 1 atom stereocenters. The lowest BCUT2D eigenvalue weighted by Gasteiger charge is -2.33. The molecule has 1 fully saturated rings. The zero-order chi connectivity index (χ0) is 29.6. The Morgan fingerprint density at radius 2 is 1.44 bits per heavy atom. The van der Waals surface area contributed by atoms with Gasteiger partial charge in [0.2, 0.25) is 11.8 Å². The van der Waals surface area contributed by atoms with Gasteiger partial charge in [0.25, 0.3) is 10.0 Å². The van der Waals surface area contributed by atoms with E-state index in [1.54, 1.807) is 31.2 Å². The van der Waals surface area contributed by atoms with Crippen LogP contribution >= 0.6 is 11.6 Å². The molecule has 41 heavy (non-hydrogen) atoms. The van der Waals surface area contributed by atoms with Gasteiger partial charge in [-0.25, -0.2) is 8.42 Å². The molecular weight excluding hydrogens is 558 g/mol. The first-order chi connectivity index (χ1) is 19.5. The Hall–Kier alpha value is -3.36. The number of hydrogen-bond donors (Lipinski definition) is 1. The molecule has 0 heterocycles. The topological polar surface area (TPSA) is 86.8 Å². The van der Waals surface area contributed by atoms with Crippen LogP contribution in [-0.2, 0) is 26.2 Å². The zero-order valence-corrected chi connectivity index (χ0v) is 25.4. The van der Waals surface area contributed by atoms with Crippen LogP contribution in [0.25, 0.3) is 0 Å². The minimum atomic E-state index is -4.13. The molecule has 3 aromatic carbocycles. The van der Waals surface area contributed by atoms with Crippen LogP contribution in [-0.4, -0.2) is 43.8 Å². The monoisotopic (exact) mass is 595 g/mol. The lowest BCUT2D eigenvalue weighted by Crippen LogP contribution is -2.53. The molecule has 218 valence electrons. The van der Waals surface area contributed by atoms with Crippen molar-refractivity contribution in [2.45, 2.75) is 76.4 Å². The van der Waals surface area contributed by atoms with E-state index in [2.05, 4.69) is 5.32 Å². The number of carbonyl (C=O) groups is 2. The van der Waals surface area contributed by atoms with E-state index in [-0.39, 0.29) is 23.4 Å². The molecule has 1 saturated carbocycles. The number of anilines is 1. The number of nitrogens with zero attached hydrogens (tertiary/aromatic N) is 2. The maximum Gasteiger partial charge on any atom is 0.264 e. The Balaban J connectivity index is 1.66. The van der Waals surface area contributed by atoms with E-state index in [4.69, 9.17) is 11.6 Å². The Bertz CT molecular complexity index is 1440. The van der Waals surface area contributed by atoms with Gasteiger partial charge in [-0.3, -0.25) is 13.9 Å². The fourth-order valence-electron chi connectivity index (χ4n) is 5.02. The second kappa shape index (κ2) is 13.5. The molecule has 0 aliphatic heterocycles. The number of benzene rings is 3. The second-order valence-corrected chi connectivity index (χ2v) is 13.1. The van der Waals surface area contributed by atoms with Crippen molar-refractivity contribution in [3.8, 4) is 0 Å². The van der Waals surface area contributed by atoms with Gasteiger partial charge in [-0.05, 0) is 75.6 Å². The van der Waals surface area contributed by atoms with Crippen LogP contribution in [0.3, 0.4) is 0 Å². The molecule has 0 aromatic heterocycles. The normalized spacial score (nSPS) is 14.7. The molecule has 7 nitrogen and oxygen atoms in total. The lowest BCUT2D eigenvalue weighted by molar-refractivity contribution is -0.139. The molecule has 0 bridgehead atoms. The molecule has 1 N–H and O–H groups in total. The van der Waals surface area contributed by atoms with Crippen molar-refractivity contribution in [1.29, 1.82) is 0 Å². The van der Waals surface area contributed by atoms with Gasteiger partial charge in [0, 0.05) is 17.6 Å². The summed E-state index contributed by atoms with van der Waals surface area (Å²) < 4.78 is 28.9. The van der Waals surface area contributed by atoms with Crippen LogP contribution in [0.15, 0.2) is 77.7 Å². The highest BCUT2D eigenvalue weighted by atomic mass is 35.5. The smallest absolute Gasteiger partial charge is 0.264 e. The minimum Gasteiger partial charge on any atom is -0.352 e. The molecule has 1 aliphatic rings. The van der Waals surface area contributed by atoms with E-state index in [9.17, 15) is 18.0 Å². The summed E-state index contributed by atoms with van der Waals surface area (Å²) in [5.41, 5.74) is 3.24. The summed E-state index contributed by atoms with van der Waals surface area (Å²) >= 11 is 6.02. The van der Waals surface area contributed by atoms with Crippen molar-refractivity contribution < 1.29 is 18.0 Å². The highest BCUT2D eigenvalue weighted by Crippen LogP contribution is 2.26. The van der Waals surface area contributed by atoms with Crippen molar-refractivity contribution in [3.05, 3.63) is 94.5 Å². The van der Waals surface area contributed by atoms with Gasteiger partial charge in [-0.2, -0.15) is 0 Å². The fourth-order valence-corrected chi connectivity index (χ4v) is 6.56. The van der Waals surface area contributed by atoms with Crippen LogP contribution in [0.4, 0.5) is 5.69 Å². The Kier molecular flexibility index (Phi) is 10.1. The highest BCUT2D eigenvalue weighted by molar-refractivity contribution is 7.92. The van der Waals surface area contributed by atoms with E-state index in [1.165, 1.54) is 29.2 Å². The first kappa shape index (κ1) is 30.6.